The number of nitrogens with zero attached hydrogens (tertiary/aromatic N) is 2. The van der Waals surface area contributed by atoms with Gasteiger partial charge < -0.3 is 15.4 Å². The largest absolute Gasteiger partial charge is 0.494 e. The van der Waals surface area contributed by atoms with Crippen LogP contribution in [0, 0.1) is 0 Å². The van der Waals surface area contributed by atoms with Gasteiger partial charge in [0.15, 0.2) is 0 Å². The van der Waals surface area contributed by atoms with Gasteiger partial charge in [0.25, 0.3) is 11.8 Å². The van der Waals surface area contributed by atoms with Crippen LogP contribution >= 0.6 is 11.8 Å². The first-order valence-corrected chi connectivity index (χ1v) is 14.4. The van der Waals surface area contributed by atoms with E-state index in [1.165, 1.54) is 16.7 Å². The van der Waals surface area contributed by atoms with Crippen LogP contribution in [0.25, 0.3) is 6.08 Å². The first kappa shape index (κ1) is 29.3. The molecule has 1 aromatic heterocycles. The van der Waals surface area contributed by atoms with E-state index in [1.54, 1.807) is 109 Å². The van der Waals surface area contributed by atoms with E-state index in [0.717, 1.165) is 4.90 Å². The maximum Gasteiger partial charge on any atom is 0.272 e. The Balaban J connectivity index is 1.25. The van der Waals surface area contributed by atoms with E-state index >= 15 is 0 Å². The van der Waals surface area contributed by atoms with Crippen LogP contribution in [-0.4, -0.2) is 40.5 Å². The minimum absolute atomic E-state index is 0.0461. The van der Waals surface area contributed by atoms with Crippen molar-refractivity contribution >= 4 is 52.8 Å². The second-order valence-electron chi connectivity index (χ2n) is 9.45. The van der Waals surface area contributed by atoms with E-state index in [9.17, 15) is 19.2 Å². The Hall–Kier alpha value is -5.22. The molecule has 2 heterocycles. The van der Waals surface area contributed by atoms with Crippen LogP contribution in [0.15, 0.2) is 114 Å². The molecule has 1 unspecified atom stereocenters. The molecule has 2 N–H and O–H groups in total. The molecule has 43 heavy (non-hydrogen) atoms. The van der Waals surface area contributed by atoms with Crippen molar-refractivity contribution in [2.24, 2.45) is 0 Å². The Morgan fingerprint density at radius 3 is 2.40 bits per heavy atom. The molecule has 1 aliphatic heterocycles. The van der Waals surface area contributed by atoms with Gasteiger partial charge in [0.2, 0.25) is 11.8 Å². The van der Waals surface area contributed by atoms with Gasteiger partial charge in [0.05, 0.1) is 17.5 Å². The van der Waals surface area contributed by atoms with Crippen molar-refractivity contribution in [1.82, 2.24) is 10.3 Å². The van der Waals surface area contributed by atoms with E-state index < -0.39 is 17.1 Å². The lowest BCUT2D eigenvalue weighted by Gasteiger charge is -2.15. The van der Waals surface area contributed by atoms with Crippen LogP contribution in [-0.2, 0) is 14.4 Å². The van der Waals surface area contributed by atoms with Crippen LogP contribution in [0.1, 0.15) is 29.3 Å². The molecule has 4 amide bonds. The fourth-order valence-electron chi connectivity index (χ4n) is 4.38. The molecule has 0 radical (unpaired) electrons. The molecule has 0 saturated carbocycles. The average molecular weight is 593 g/mol. The monoisotopic (exact) mass is 592 g/mol. The van der Waals surface area contributed by atoms with Gasteiger partial charge >= 0.3 is 0 Å². The summed E-state index contributed by atoms with van der Waals surface area (Å²) in [5, 5.41) is 4.93. The number of rotatable bonds is 10. The molecule has 1 saturated heterocycles. The number of hydrogen-bond donors (Lipinski definition) is 2. The highest BCUT2D eigenvalue weighted by molar-refractivity contribution is 8.00. The quantitative estimate of drug-likeness (QED) is 0.189. The third-order valence-electron chi connectivity index (χ3n) is 6.43. The highest BCUT2D eigenvalue weighted by Crippen LogP contribution is 2.35. The number of benzene rings is 3. The van der Waals surface area contributed by atoms with Crippen molar-refractivity contribution in [3.63, 3.8) is 0 Å². The number of nitrogens with one attached hydrogen (secondary N) is 2. The number of pyridine rings is 1. The zero-order valence-corrected chi connectivity index (χ0v) is 24.0. The second kappa shape index (κ2) is 13.6. The number of anilines is 2. The molecule has 10 heteroatoms. The highest BCUT2D eigenvalue weighted by atomic mass is 32.2. The van der Waals surface area contributed by atoms with Gasteiger partial charge in [-0.1, -0.05) is 24.3 Å². The number of amides is 4. The van der Waals surface area contributed by atoms with Gasteiger partial charge in [-0.25, -0.2) is 4.90 Å². The van der Waals surface area contributed by atoms with Crippen molar-refractivity contribution in [2.45, 2.75) is 23.5 Å². The smallest absolute Gasteiger partial charge is 0.272 e. The van der Waals surface area contributed by atoms with Gasteiger partial charge in [0, 0.05) is 35.0 Å². The summed E-state index contributed by atoms with van der Waals surface area (Å²) in [5.74, 6) is -0.817. The maximum absolute atomic E-state index is 13.2. The normalized spacial score (nSPS) is 14.9. The van der Waals surface area contributed by atoms with E-state index in [4.69, 9.17) is 4.74 Å². The number of carbonyl (C=O) groups is 4. The summed E-state index contributed by atoms with van der Waals surface area (Å²) in [4.78, 5) is 57.9. The minimum atomic E-state index is -0.568. The fourth-order valence-corrected chi connectivity index (χ4v) is 5.43. The summed E-state index contributed by atoms with van der Waals surface area (Å²) in [5.41, 5.74) is 2.10. The lowest BCUT2D eigenvalue weighted by atomic mass is 10.2. The molecule has 9 nitrogen and oxygen atoms in total. The second-order valence-corrected chi connectivity index (χ2v) is 10.7. The molecule has 0 bridgehead atoms. The summed E-state index contributed by atoms with van der Waals surface area (Å²) >= 11 is 1.29. The first-order valence-electron chi connectivity index (χ1n) is 13.6. The molecule has 1 atom stereocenters. The fraction of sp³-hybridized carbons (Fsp3) is 0.121. The average Bonchev–Trinajstić information content (AvgIpc) is 3.31. The lowest BCUT2D eigenvalue weighted by Crippen LogP contribution is -2.31. The number of carbonyl (C=O) groups excluding carboxylic acids is 4. The molecule has 1 aliphatic rings. The lowest BCUT2D eigenvalue weighted by molar-refractivity contribution is -0.121. The SMILES string of the molecule is CCOc1ccc(N2C(=O)CC(Sc3ccc(NC(=O)/C(=C/c4cccnc4)NC(=O)c4ccccc4)cc3)C2=O)cc1. The van der Waals surface area contributed by atoms with Crippen LogP contribution in [0.3, 0.4) is 0 Å². The Bertz CT molecular complexity index is 1640. The summed E-state index contributed by atoms with van der Waals surface area (Å²) < 4.78 is 5.44. The zero-order chi connectivity index (χ0) is 30.2. The molecule has 216 valence electrons. The highest BCUT2D eigenvalue weighted by Gasteiger charge is 2.40. The van der Waals surface area contributed by atoms with Gasteiger partial charge in [-0.3, -0.25) is 24.2 Å². The van der Waals surface area contributed by atoms with Gasteiger partial charge in [0.1, 0.15) is 11.4 Å². The van der Waals surface area contributed by atoms with Crippen molar-refractivity contribution in [1.29, 1.82) is 0 Å². The van der Waals surface area contributed by atoms with E-state index in [1.807, 2.05) is 6.92 Å². The number of imide groups is 1. The molecule has 1 fully saturated rings. The summed E-state index contributed by atoms with van der Waals surface area (Å²) in [6.07, 6.45) is 4.83. The standard InChI is InChI=1S/C33H28N4O5S/c1-2-42-26-14-12-25(13-15-26)37-30(38)20-29(33(37)41)43-27-16-10-24(11-17-27)35-32(40)28(19-22-7-6-18-34-21-22)36-31(39)23-8-4-3-5-9-23/h3-19,21,29H,2,20H2,1H3,(H,35,40)(H,36,39)/b28-19-. The van der Waals surface area contributed by atoms with Gasteiger partial charge in [-0.2, -0.15) is 0 Å². The third kappa shape index (κ3) is 7.35. The number of hydrogen-bond acceptors (Lipinski definition) is 7. The Labute approximate surface area is 253 Å². The van der Waals surface area contributed by atoms with Crippen LogP contribution in [0.4, 0.5) is 11.4 Å². The molecule has 0 spiro atoms. The van der Waals surface area contributed by atoms with Crippen LogP contribution < -0.4 is 20.3 Å². The predicted octanol–water partition coefficient (Wildman–Crippen LogP) is 5.31. The summed E-state index contributed by atoms with van der Waals surface area (Å²) in [7, 11) is 0. The molecule has 0 aliphatic carbocycles. The topological polar surface area (TPSA) is 118 Å². The summed E-state index contributed by atoms with van der Waals surface area (Å²) in [6, 6.07) is 25.9. The third-order valence-corrected chi connectivity index (χ3v) is 7.62. The molecule has 5 rings (SSSR count). The molecular formula is C33H28N4O5S. The van der Waals surface area contributed by atoms with Crippen molar-refractivity contribution in [2.75, 3.05) is 16.8 Å². The van der Waals surface area contributed by atoms with E-state index in [0.29, 0.717) is 34.9 Å². The maximum atomic E-state index is 13.2. The molecule has 3 aromatic carbocycles. The van der Waals surface area contributed by atoms with Crippen molar-refractivity contribution < 1.29 is 23.9 Å². The van der Waals surface area contributed by atoms with Gasteiger partial charge in [-0.05, 0) is 85.3 Å². The molecular weight excluding hydrogens is 564 g/mol. The zero-order valence-electron chi connectivity index (χ0n) is 23.2. The van der Waals surface area contributed by atoms with Crippen LogP contribution in [0.5, 0.6) is 5.75 Å². The van der Waals surface area contributed by atoms with Gasteiger partial charge in [-0.15, -0.1) is 11.8 Å². The number of aromatic nitrogens is 1. The first-order chi connectivity index (χ1) is 20.9. The summed E-state index contributed by atoms with van der Waals surface area (Å²) in [6.45, 7) is 2.41. The van der Waals surface area contributed by atoms with E-state index in [-0.39, 0.29) is 23.9 Å². The van der Waals surface area contributed by atoms with E-state index in [2.05, 4.69) is 15.6 Å². The molecule has 4 aromatic rings. The number of ether oxygens (including phenoxy) is 1. The Kier molecular flexibility index (Phi) is 9.28. The van der Waals surface area contributed by atoms with Crippen molar-refractivity contribution in [3.05, 3.63) is 120 Å². The Morgan fingerprint density at radius 2 is 1.72 bits per heavy atom. The predicted molar refractivity (Wildman–Crippen MR) is 166 cm³/mol. The van der Waals surface area contributed by atoms with Crippen molar-refractivity contribution in [3.8, 4) is 5.75 Å². The Morgan fingerprint density at radius 1 is 0.977 bits per heavy atom. The van der Waals surface area contributed by atoms with Crippen LogP contribution in [0.2, 0.25) is 0 Å². The minimum Gasteiger partial charge on any atom is -0.494 e. The number of thioether (sulfide) groups is 1.